The van der Waals surface area contributed by atoms with Crippen LogP contribution in [0.25, 0.3) is 0 Å². The number of nitriles is 1. The monoisotopic (exact) mass is 428 g/mol. The van der Waals surface area contributed by atoms with Gasteiger partial charge < -0.3 is 9.47 Å². The molecule has 1 aliphatic rings. The lowest BCUT2D eigenvalue weighted by molar-refractivity contribution is 0.229. The van der Waals surface area contributed by atoms with E-state index in [1.165, 1.54) is 6.07 Å². The predicted molar refractivity (Wildman–Crippen MR) is 115 cm³/mol. The highest BCUT2D eigenvalue weighted by atomic mass is 32.2. The lowest BCUT2D eigenvalue weighted by atomic mass is 10.1. The Morgan fingerprint density at radius 1 is 1.20 bits per heavy atom. The van der Waals surface area contributed by atoms with Gasteiger partial charge in [0, 0.05) is 13.1 Å². The molecule has 1 aliphatic heterocycles. The second-order valence-electron chi connectivity index (χ2n) is 7.96. The molecule has 1 fully saturated rings. The van der Waals surface area contributed by atoms with Crippen LogP contribution < -0.4 is 9.47 Å². The average molecular weight is 429 g/mol. The number of sulfone groups is 1. The van der Waals surface area contributed by atoms with Crippen LogP contribution in [0, 0.1) is 17.2 Å². The maximum absolute atomic E-state index is 12.8. The van der Waals surface area contributed by atoms with Gasteiger partial charge in [-0.25, -0.2) is 8.42 Å². The first kappa shape index (κ1) is 22.1. The van der Waals surface area contributed by atoms with Gasteiger partial charge in [0.05, 0.1) is 35.5 Å². The number of nitrogens with zero attached hydrogens (tertiary/aromatic N) is 2. The summed E-state index contributed by atoms with van der Waals surface area (Å²) >= 11 is 0. The Labute approximate surface area is 179 Å². The Hall–Kier alpha value is -2.56. The van der Waals surface area contributed by atoms with Gasteiger partial charge in [0.25, 0.3) is 0 Å². The number of benzene rings is 2. The lowest BCUT2D eigenvalue weighted by Gasteiger charge is -2.18. The number of rotatable bonds is 8. The van der Waals surface area contributed by atoms with Gasteiger partial charge in [0.15, 0.2) is 21.3 Å². The van der Waals surface area contributed by atoms with Crippen molar-refractivity contribution in [2.75, 3.05) is 26.0 Å². The van der Waals surface area contributed by atoms with Crippen molar-refractivity contribution in [3.05, 3.63) is 53.6 Å². The molecule has 160 valence electrons. The molecule has 30 heavy (non-hydrogen) atoms. The third-order valence-corrected chi connectivity index (χ3v) is 7.03. The molecule has 1 saturated heterocycles. The summed E-state index contributed by atoms with van der Waals surface area (Å²) in [5.74, 6) is 1.60. The van der Waals surface area contributed by atoms with Crippen LogP contribution in [0.15, 0.2) is 47.4 Å². The molecule has 3 rings (SSSR count). The Balaban J connectivity index is 1.62. The van der Waals surface area contributed by atoms with E-state index in [1.807, 2.05) is 38.1 Å². The zero-order valence-corrected chi connectivity index (χ0v) is 18.5. The molecule has 1 heterocycles. The van der Waals surface area contributed by atoms with E-state index < -0.39 is 9.84 Å². The normalized spacial score (nSPS) is 17.1. The SMILES string of the molecule is COc1cc(CN2CC[C@@H](CS(=O)(=O)c3cccc(C#N)c3)C2)ccc1OC(C)C. The smallest absolute Gasteiger partial charge is 0.178 e. The van der Waals surface area contributed by atoms with Gasteiger partial charge in [-0.05, 0) is 68.6 Å². The van der Waals surface area contributed by atoms with Crippen molar-refractivity contribution in [3.63, 3.8) is 0 Å². The first-order chi connectivity index (χ1) is 14.3. The summed E-state index contributed by atoms with van der Waals surface area (Å²) in [4.78, 5) is 2.49. The fourth-order valence-electron chi connectivity index (χ4n) is 3.78. The van der Waals surface area contributed by atoms with E-state index in [0.29, 0.717) is 11.3 Å². The van der Waals surface area contributed by atoms with Crippen LogP contribution in [0.2, 0.25) is 0 Å². The third-order valence-electron chi connectivity index (χ3n) is 5.14. The molecule has 0 aromatic heterocycles. The van der Waals surface area contributed by atoms with E-state index in [0.717, 1.165) is 37.4 Å². The molecule has 0 N–H and O–H groups in total. The van der Waals surface area contributed by atoms with Gasteiger partial charge in [-0.1, -0.05) is 12.1 Å². The van der Waals surface area contributed by atoms with Gasteiger partial charge in [0.2, 0.25) is 0 Å². The van der Waals surface area contributed by atoms with Crippen molar-refractivity contribution in [2.45, 2.75) is 37.8 Å². The molecule has 7 heteroatoms. The molecule has 6 nitrogen and oxygen atoms in total. The molecule has 0 amide bonds. The Bertz CT molecular complexity index is 1030. The van der Waals surface area contributed by atoms with E-state index in [4.69, 9.17) is 14.7 Å². The molecule has 0 spiro atoms. The number of hydrogen-bond donors (Lipinski definition) is 0. The summed E-state index contributed by atoms with van der Waals surface area (Å²) in [7, 11) is -1.79. The summed E-state index contributed by atoms with van der Waals surface area (Å²) in [6.07, 6.45) is 0.906. The number of hydrogen-bond acceptors (Lipinski definition) is 6. The van der Waals surface area contributed by atoms with Gasteiger partial charge >= 0.3 is 0 Å². The molecule has 0 unspecified atom stereocenters. The highest BCUT2D eigenvalue weighted by Crippen LogP contribution is 2.30. The van der Waals surface area contributed by atoms with Gasteiger partial charge in [-0.2, -0.15) is 5.26 Å². The minimum atomic E-state index is -3.41. The van der Waals surface area contributed by atoms with Crippen LogP contribution in [-0.4, -0.2) is 45.4 Å². The summed E-state index contributed by atoms with van der Waals surface area (Å²) in [6, 6.07) is 14.2. The van der Waals surface area contributed by atoms with Crippen molar-refractivity contribution in [2.24, 2.45) is 5.92 Å². The van der Waals surface area contributed by atoms with E-state index in [-0.39, 0.29) is 22.7 Å². The molecule has 1 atom stereocenters. The number of likely N-dealkylation sites (tertiary alicyclic amines) is 1. The van der Waals surface area contributed by atoms with E-state index in [2.05, 4.69) is 4.90 Å². The number of ether oxygens (including phenoxy) is 2. The van der Waals surface area contributed by atoms with Gasteiger partial charge in [-0.15, -0.1) is 0 Å². The maximum Gasteiger partial charge on any atom is 0.178 e. The quantitative estimate of drug-likeness (QED) is 0.639. The minimum Gasteiger partial charge on any atom is -0.493 e. The van der Waals surface area contributed by atoms with E-state index in [9.17, 15) is 8.42 Å². The van der Waals surface area contributed by atoms with Crippen molar-refractivity contribution in [1.29, 1.82) is 5.26 Å². The average Bonchev–Trinajstić information content (AvgIpc) is 3.14. The Morgan fingerprint density at radius 3 is 2.70 bits per heavy atom. The van der Waals surface area contributed by atoms with Crippen molar-refractivity contribution in [1.82, 2.24) is 4.90 Å². The lowest BCUT2D eigenvalue weighted by Crippen LogP contribution is -2.23. The van der Waals surface area contributed by atoms with Crippen molar-refractivity contribution < 1.29 is 17.9 Å². The van der Waals surface area contributed by atoms with Crippen LogP contribution in [0.3, 0.4) is 0 Å². The zero-order valence-electron chi connectivity index (χ0n) is 17.7. The topological polar surface area (TPSA) is 79.6 Å². The van der Waals surface area contributed by atoms with Crippen LogP contribution in [-0.2, 0) is 16.4 Å². The number of methoxy groups -OCH3 is 1. The highest BCUT2D eigenvalue weighted by molar-refractivity contribution is 7.91. The molecule has 0 radical (unpaired) electrons. The first-order valence-electron chi connectivity index (χ1n) is 10.1. The Morgan fingerprint density at radius 2 is 2.00 bits per heavy atom. The summed E-state index contributed by atoms with van der Waals surface area (Å²) in [5.41, 5.74) is 1.47. The summed E-state index contributed by atoms with van der Waals surface area (Å²) < 4.78 is 36.8. The molecular formula is C23H28N2O4S. The van der Waals surface area contributed by atoms with Crippen LogP contribution in [0.1, 0.15) is 31.4 Å². The second kappa shape index (κ2) is 9.50. The zero-order chi connectivity index (χ0) is 21.7. The molecule has 0 saturated carbocycles. The van der Waals surface area contributed by atoms with Crippen molar-refractivity contribution >= 4 is 9.84 Å². The van der Waals surface area contributed by atoms with E-state index >= 15 is 0 Å². The van der Waals surface area contributed by atoms with Crippen LogP contribution >= 0.6 is 0 Å². The maximum atomic E-state index is 12.8. The van der Waals surface area contributed by atoms with Gasteiger partial charge in [-0.3, -0.25) is 4.90 Å². The Kier molecular flexibility index (Phi) is 7.01. The minimum absolute atomic E-state index is 0.0693. The predicted octanol–water partition coefficient (Wildman–Crippen LogP) is 3.65. The summed E-state index contributed by atoms with van der Waals surface area (Å²) in [6.45, 7) is 6.26. The second-order valence-corrected chi connectivity index (χ2v) is 10.00. The summed E-state index contributed by atoms with van der Waals surface area (Å²) in [5, 5.41) is 9.02. The molecule has 0 aliphatic carbocycles. The fourth-order valence-corrected chi connectivity index (χ4v) is 5.46. The molecule has 0 bridgehead atoms. The molecule has 2 aromatic rings. The standard InChI is InChI=1S/C23H28N2O4S/c1-17(2)29-22-8-7-19(12-23(22)28-3)14-25-10-9-20(15-25)16-30(26,27)21-6-4-5-18(11-21)13-24/h4-8,11-12,17,20H,9-10,14-16H2,1-3H3/t20-/m1/s1. The fraction of sp³-hybridized carbons (Fsp3) is 0.435. The molecular weight excluding hydrogens is 400 g/mol. The molecule has 2 aromatic carbocycles. The third kappa shape index (κ3) is 5.53. The largest absolute Gasteiger partial charge is 0.493 e. The van der Waals surface area contributed by atoms with Crippen molar-refractivity contribution in [3.8, 4) is 17.6 Å². The first-order valence-corrected chi connectivity index (χ1v) is 11.7. The highest BCUT2D eigenvalue weighted by Gasteiger charge is 2.28. The van der Waals surface area contributed by atoms with Gasteiger partial charge in [0.1, 0.15) is 0 Å². The van der Waals surface area contributed by atoms with E-state index in [1.54, 1.807) is 25.3 Å². The van der Waals surface area contributed by atoms with Crippen LogP contribution in [0.5, 0.6) is 11.5 Å². The van der Waals surface area contributed by atoms with Crippen LogP contribution in [0.4, 0.5) is 0 Å².